The molecule has 0 bridgehead atoms. The molecule has 0 aliphatic heterocycles. The van der Waals surface area contributed by atoms with Gasteiger partial charge in [-0.05, 0) is 18.2 Å². The molecule has 3 N–H and O–H groups in total. The van der Waals surface area contributed by atoms with Crippen LogP contribution < -0.4 is 11.1 Å². The lowest BCUT2D eigenvalue weighted by Gasteiger charge is -2.05. The summed E-state index contributed by atoms with van der Waals surface area (Å²) in [5.74, 6) is -1.86. The predicted octanol–water partition coefficient (Wildman–Crippen LogP) is 2.01. The van der Waals surface area contributed by atoms with Crippen molar-refractivity contribution >= 4 is 31.3 Å². The molecule has 124 valence electrons. The Balaban J connectivity index is 2.11. The van der Waals surface area contributed by atoms with Gasteiger partial charge in [0.15, 0.2) is 11.6 Å². The van der Waals surface area contributed by atoms with E-state index in [1.165, 1.54) is 22.9 Å². The molecule has 1 heterocycles. The molecule has 0 spiro atoms. The lowest BCUT2D eigenvalue weighted by molar-refractivity contribution is 0.509. The Bertz CT molecular complexity index is 865. The quantitative estimate of drug-likeness (QED) is 0.483. The summed E-state index contributed by atoms with van der Waals surface area (Å²) in [4.78, 5) is 3.91. The van der Waals surface area contributed by atoms with E-state index in [2.05, 4.69) is 10.3 Å². The number of aromatic nitrogens is 1. The van der Waals surface area contributed by atoms with Crippen LogP contribution in [-0.2, 0) is 16.1 Å². The van der Waals surface area contributed by atoms with Crippen molar-refractivity contribution in [1.29, 1.82) is 0 Å². The highest BCUT2D eigenvalue weighted by molar-refractivity contribution is 8.13. The van der Waals surface area contributed by atoms with Gasteiger partial charge < -0.3 is 15.6 Å². The molecule has 6 nitrogen and oxygen atoms in total. The summed E-state index contributed by atoms with van der Waals surface area (Å²) in [6.07, 6.45) is 1.31. The largest absolute Gasteiger partial charge is 0.382 e. The topological polar surface area (TPSA) is 89.5 Å². The summed E-state index contributed by atoms with van der Waals surface area (Å²) in [5.41, 5.74) is 6.48. The zero-order chi connectivity index (χ0) is 17.2. The number of nitrogens with two attached hydrogens (primary N) is 1. The Morgan fingerprint density at radius 3 is 2.61 bits per heavy atom. The highest BCUT2D eigenvalue weighted by Gasteiger charge is 2.16. The van der Waals surface area contributed by atoms with E-state index in [4.69, 9.17) is 16.4 Å². The van der Waals surface area contributed by atoms with E-state index in [1.807, 2.05) is 0 Å². The minimum absolute atomic E-state index is 0.00888. The molecule has 0 fully saturated rings. The van der Waals surface area contributed by atoms with Crippen molar-refractivity contribution in [2.75, 3.05) is 12.0 Å². The Kier molecular flexibility index (Phi) is 4.90. The van der Waals surface area contributed by atoms with E-state index in [9.17, 15) is 17.2 Å². The summed E-state index contributed by atoms with van der Waals surface area (Å²) in [5, 5.41) is 2.74. The molecular weight excluding hydrogens is 350 g/mol. The summed E-state index contributed by atoms with van der Waals surface area (Å²) in [6, 6.07) is 4.62. The van der Waals surface area contributed by atoms with Gasteiger partial charge in [-0.1, -0.05) is 0 Å². The molecule has 0 aliphatic rings. The normalized spacial score (nSPS) is 12.4. The second kappa shape index (κ2) is 6.55. The van der Waals surface area contributed by atoms with Gasteiger partial charge in [-0.15, -0.1) is 0 Å². The fraction of sp³-hybridized carbons (Fsp3) is 0.154. The van der Waals surface area contributed by atoms with Crippen LogP contribution in [0, 0.1) is 11.6 Å². The first-order valence-electron chi connectivity index (χ1n) is 6.28. The van der Waals surface area contributed by atoms with Crippen molar-refractivity contribution in [3.63, 3.8) is 0 Å². The molecule has 0 saturated heterocycles. The average Bonchev–Trinajstić information content (AvgIpc) is 2.85. The molecule has 0 amide bonds. The van der Waals surface area contributed by atoms with Gasteiger partial charge in [0, 0.05) is 35.7 Å². The zero-order valence-electron chi connectivity index (χ0n) is 11.9. The third kappa shape index (κ3) is 4.20. The van der Waals surface area contributed by atoms with Crippen molar-refractivity contribution in [3.8, 4) is 0 Å². The predicted molar refractivity (Wildman–Crippen MR) is 84.0 cm³/mol. The van der Waals surface area contributed by atoms with Crippen LogP contribution in [0.1, 0.15) is 5.69 Å². The van der Waals surface area contributed by atoms with Crippen molar-refractivity contribution in [3.05, 3.63) is 47.8 Å². The van der Waals surface area contributed by atoms with E-state index in [-0.39, 0.29) is 17.4 Å². The van der Waals surface area contributed by atoms with Gasteiger partial charge in [-0.2, -0.15) is 0 Å². The molecule has 10 heteroatoms. The van der Waals surface area contributed by atoms with Crippen LogP contribution in [0.4, 0.5) is 14.5 Å². The molecule has 23 heavy (non-hydrogen) atoms. The van der Waals surface area contributed by atoms with Crippen molar-refractivity contribution in [1.82, 2.24) is 4.57 Å². The Morgan fingerprint density at radius 1 is 1.35 bits per heavy atom. The number of hydrogen-bond acceptors (Lipinski definition) is 4. The maximum Gasteiger partial charge on any atom is 0.262 e. The molecular formula is C13H13ClF2N4O2S. The number of nitrogens with one attached hydrogen (secondary N) is 1. The van der Waals surface area contributed by atoms with Gasteiger partial charge in [0.1, 0.15) is 17.4 Å². The number of anilines is 1. The molecule has 2 aromatic rings. The minimum atomic E-state index is -3.86. The molecule has 0 aliphatic carbocycles. The van der Waals surface area contributed by atoms with Crippen molar-refractivity contribution < 1.29 is 17.2 Å². The maximum absolute atomic E-state index is 13.0. The number of benzene rings is 1. The molecule has 1 aromatic heterocycles. The number of amidine groups is 1. The molecule has 0 radical (unpaired) electrons. The average molecular weight is 363 g/mol. The van der Waals surface area contributed by atoms with Crippen molar-refractivity contribution in [2.24, 2.45) is 17.8 Å². The monoisotopic (exact) mass is 362 g/mol. The minimum Gasteiger partial charge on any atom is -0.382 e. The summed E-state index contributed by atoms with van der Waals surface area (Å²) >= 11 is 0. The van der Waals surface area contributed by atoms with Gasteiger partial charge in [0.2, 0.25) is 0 Å². The molecule has 0 unspecified atom stereocenters. The maximum atomic E-state index is 13.0. The first-order valence-corrected chi connectivity index (χ1v) is 8.59. The lowest BCUT2D eigenvalue weighted by Crippen LogP contribution is -2.18. The number of aryl methyl sites for hydroxylation is 1. The number of hydrogen-bond donors (Lipinski definition) is 2. The third-order valence-electron chi connectivity index (χ3n) is 2.98. The molecule has 2 rings (SSSR count). The first-order chi connectivity index (χ1) is 10.7. The smallest absolute Gasteiger partial charge is 0.262 e. The summed E-state index contributed by atoms with van der Waals surface area (Å²) in [6.45, 7) is -0.00888. The second-order valence-corrected chi connectivity index (χ2v) is 7.18. The highest BCUT2D eigenvalue weighted by Crippen LogP contribution is 2.17. The summed E-state index contributed by atoms with van der Waals surface area (Å²) in [7, 11) is 2.99. The van der Waals surface area contributed by atoms with E-state index in [0.717, 1.165) is 12.1 Å². The van der Waals surface area contributed by atoms with Crippen LogP contribution in [0.25, 0.3) is 0 Å². The van der Waals surface area contributed by atoms with Gasteiger partial charge in [0.25, 0.3) is 9.05 Å². The van der Waals surface area contributed by atoms with Crippen LogP contribution in [0.5, 0.6) is 0 Å². The Morgan fingerprint density at radius 2 is 2.04 bits per heavy atom. The second-order valence-electron chi connectivity index (χ2n) is 4.62. The van der Waals surface area contributed by atoms with Gasteiger partial charge >= 0.3 is 0 Å². The number of halogens is 3. The zero-order valence-corrected chi connectivity index (χ0v) is 13.5. The van der Waals surface area contributed by atoms with E-state index >= 15 is 0 Å². The van der Waals surface area contributed by atoms with Crippen molar-refractivity contribution in [2.45, 2.75) is 4.90 Å². The van der Waals surface area contributed by atoms with E-state index in [1.54, 1.807) is 7.05 Å². The van der Waals surface area contributed by atoms with Gasteiger partial charge in [-0.3, -0.25) is 0 Å². The Hall–Kier alpha value is -2.13. The van der Waals surface area contributed by atoms with Crippen LogP contribution in [-0.4, -0.2) is 25.5 Å². The molecule has 0 atom stereocenters. The SMILES string of the molecule is Cn1cc(S(=O)(=O)Cl)cc1C(N)=NCNc1ccc(F)c(F)c1. The third-order valence-corrected chi connectivity index (χ3v) is 4.30. The van der Waals surface area contributed by atoms with E-state index in [0.29, 0.717) is 11.4 Å². The first kappa shape index (κ1) is 17.2. The van der Waals surface area contributed by atoms with Gasteiger partial charge in [-0.25, -0.2) is 22.2 Å². The van der Waals surface area contributed by atoms with Crippen LogP contribution in [0.3, 0.4) is 0 Å². The number of nitrogens with zero attached hydrogens (tertiary/aromatic N) is 2. The van der Waals surface area contributed by atoms with Crippen LogP contribution in [0.2, 0.25) is 0 Å². The lowest BCUT2D eigenvalue weighted by atomic mass is 10.3. The van der Waals surface area contributed by atoms with Crippen LogP contribution >= 0.6 is 10.7 Å². The van der Waals surface area contributed by atoms with E-state index < -0.39 is 20.7 Å². The number of rotatable bonds is 5. The van der Waals surface area contributed by atoms with Gasteiger partial charge in [0.05, 0.1) is 5.69 Å². The Labute approximate surface area is 136 Å². The molecule has 0 saturated carbocycles. The standard InChI is InChI=1S/C13H13ClF2N4O2S/c1-20-6-9(23(14,21)22)5-12(20)13(17)19-7-18-8-2-3-10(15)11(16)4-8/h2-6,18H,7H2,1H3,(H2,17,19). The highest BCUT2D eigenvalue weighted by atomic mass is 35.7. The number of aliphatic imine (C=N–C) groups is 1. The summed E-state index contributed by atoms with van der Waals surface area (Å²) < 4.78 is 49.9. The fourth-order valence-electron chi connectivity index (χ4n) is 1.83. The molecule has 1 aromatic carbocycles. The van der Waals surface area contributed by atoms with Crippen LogP contribution in [0.15, 0.2) is 40.4 Å². The fourth-order valence-corrected chi connectivity index (χ4v) is 2.61.